The predicted molar refractivity (Wildman–Crippen MR) is 82.5 cm³/mol. The van der Waals surface area contributed by atoms with Crippen molar-refractivity contribution in [3.05, 3.63) is 29.3 Å². The molecule has 7 heteroatoms. The molecule has 1 aromatic carbocycles. The van der Waals surface area contributed by atoms with Crippen molar-refractivity contribution in [3.8, 4) is 0 Å². The van der Waals surface area contributed by atoms with Crippen molar-refractivity contribution in [2.45, 2.75) is 38.1 Å². The monoisotopic (exact) mass is 331 g/mol. The van der Waals surface area contributed by atoms with E-state index in [0.717, 1.165) is 5.56 Å². The zero-order valence-corrected chi connectivity index (χ0v) is 14.2. The lowest BCUT2D eigenvalue weighted by Crippen LogP contribution is -2.41. The van der Waals surface area contributed by atoms with Gasteiger partial charge in [0.1, 0.15) is 0 Å². The summed E-state index contributed by atoms with van der Waals surface area (Å²) >= 11 is 0. The first kappa shape index (κ1) is 16.5. The highest BCUT2D eigenvalue weighted by molar-refractivity contribution is 7.92. The fourth-order valence-electron chi connectivity index (χ4n) is 2.74. The second kappa shape index (κ2) is 5.70. The van der Waals surface area contributed by atoms with E-state index in [2.05, 4.69) is 0 Å². The lowest BCUT2D eigenvalue weighted by atomic mass is 10.2. The number of hydrogen-bond acceptors (Lipinski definition) is 4. The van der Waals surface area contributed by atoms with Gasteiger partial charge in [-0.1, -0.05) is 19.1 Å². The molecule has 0 N–H and O–H groups in total. The van der Waals surface area contributed by atoms with Crippen molar-refractivity contribution in [1.82, 2.24) is 4.31 Å². The van der Waals surface area contributed by atoms with Crippen LogP contribution in [0, 0.1) is 13.8 Å². The standard InChI is InChI=1S/C14H21NO4S2/c1-4-15(13-7-8-20(16,17)10-13)21(18,19)14-9-11(2)5-6-12(14)3/h5-6,9,13H,4,7-8,10H2,1-3H3/t13-/m1/s1. The van der Waals surface area contributed by atoms with Gasteiger partial charge < -0.3 is 0 Å². The average Bonchev–Trinajstić information content (AvgIpc) is 2.73. The first-order valence-electron chi connectivity index (χ1n) is 6.97. The molecule has 0 amide bonds. The molecule has 1 aliphatic rings. The quantitative estimate of drug-likeness (QED) is 0.838. The van der Waals surface area contributed by atoms with Crippen LogP contribution in [0.4, 0.5) is 0 Å². The van der Waals surface area contributed by atoms with E-state index in [9.17, 15) is 16.8 Å². The molecular weight excluding hydrogens is 310 g/mol. The predicted octanol–water partition coefficient (Wildman–Crippen LogP) is 1.50. The van der Waals surface area contributed by atoms with Crippen molar-refractivity contribution < 1.29 is 16.8 Å². The van der Waals surface area contributed by atoms with Gasteiger partial charge in [-0.25, -0.2) is 16.8 Å². The van der Waals surface area contributed by atoms with E-state index in [1.807, 2.05) is 13.0 Å². The number of hydrogen-bond donors (Lipinski definition) is 0. The van der Waals surface area contributed by atoms with Crippen LogP contribution >= 0.6 is 0 Å². The number of aryl methyl sites for hydroxylation is 2. The summed E-state index contributed by atoms with van der Waals surface area (Å²) in [5, 5.41) is 0. The summed E-state index contributed by atoms with van der Waals surface area (Å²) in [6.45, 7) is 5.61. The third-order valence-electron chi connectivity index (χ3n) is 3.86. The second-order valence-electron chi connectivity index (χ2n) is 5.53. The Morgan fingerprint density at radius 2 is 1.95 bits per heavy atom. The smallest absolute Gasteiger partial charge is 0.229 e. The molecule has 0 spiro atoms. The van der Waals surface area contributed by atoms with Gasteiger partial charge in [0.2, 0.25) is 10.0 Å². The molecule has 0 aromatic heterocycles. The van der Waals surface area contributed by atoms with E-state index in [1.165, 1.54) is 4.31 Å². The van der Waals surface area contributed by atoms with Crippen LogP contribution in [-0.4, -0.2) is 45.2 Å². The molecule has 5 nitrogen and oxygen atoms in total. The Bertz CT molecular complexity index is 738. The van der Waals surface area contributed by atoms with Gasteiger partial charge in [0, 0.05) is 12.6 Å². The van der Waals surface area contributed by atoms with Gasteiger partial charge in [0.25, 0.3) is 0 Å². The van der Waals surface area contributed by atoms with Crippen LogP contribution in [0.25, 0.3) is 0 Å². The minimum absolute atomic E-state index is 0.0660. The van der Waals surface area contributed by atoms with Gasteiger partial charge >= 0.3 is 0 Å². The summed E-state index contributed by atoms with van der Waals surface area (Å²) < 4.78 is 50.3. The second-order valence-corrected chi connectivity index (χ2v) is 9.62. The molecule has 1 fully saturated rings. The summed E-state index contributed by atoms with van der Waals surface area (Å²) in [5.74, 6) is -0.0125. The zero-order chi connectivity index (χ0) is 15.8. The molecule has 1 heterocycles. The van der Waals surface area contributed by atoms with Gasteiger partial charge in [0.15, 0.2) is 9.84 Å². The topological polar surface area (TPSA) is 71.5 Å². The number of rotatable bonds is 4. The Morgan fingerprint density at radius 3 is 2.48 bits per heavy atom. The molecule has 0 saturated carbocycles. The van der Waals surface area contributed by atoms with Crippen molar-refractivity contribution >= 4 is 19.9 Å². The Balaban J connectivity index is 2.43. The molecule has 0 radical (unpaired) electrons. The molecular formula is C14H21NO4S2. The summed E-state index contributed by atoms with van der Waals surface area (Å²) in [5.41, 5.74) is 1.55. The summed E-state index contributed by atoms with van der Waals surface area (Å²) in [6.07, 6.45) is 0.375. The Kier molecular flexibility index (Phi) is 4.46. The Labute approximate surface area is 126 Å². The van der Waals surface area contributed by atoms with E-state index >= 15 is 0 Å². The van der Waals surface area contributed by atoms with E-state index < -0.39 is 25.9 Å². The molecule has 0 bridgehead atoms. The highest BCUT2D eigenvalue weighted by atomic mass is 32.2. The maximum atomic E-state index is 12.9. The van der Waals surface area contributed by atoms with E-state index in [0.29, 0.717) is 12.0 Å². The molecule has 1 aliphatic heterocycles. The lowest BCUT2D eigenvalue weighted by molar-refractivity contribution is 0.354. The van der Waals surface area contributed by atoms with E-state index in [1.54, 1.807) is 26.0 Å². The molecule has 1 atom stereocenters. The summed E-state index contributed by atoms with van der Waals surface area (Å²) in [6, 6.07) is 4.84. The first-order valence-corrected chi connectivity index (χ1v) is 10.2. The van der Waals surface area contributed by atoms with Crippen molar-refractivity contribution in [2.75, 3.05) is 18.1 Å². The van der Waals surface area contributed by atoms with Crippen LogP contribution in [0.2, 0.25) is 0 Å². The zero-order valence-electron chi connectivity index (χ0n) is 12.5. The van der Waals surface area contributed by atoms with Crippen LogP contribution in [0.15, 0.2) is 23.1 Å². The number of sulfone groups is 1. The highest BCUT2D eigenvalue weighted by Gasteiger charge is 2.38. The Morgan fingerprint density at radius 1 is 1.29 bits per heavy atom. The lowest BCUT2D eigenvalue weighted by Gasteiger charge is -2.26. The molecule has 1 saturated heterocycles. The maximum Gasteiger partial charge on any atom is 0.243 e. The van der Waals surface area contributed by atoms with E-state index in [-0.39, 0.29) is 22.9 Å². The molecule has 0 aliphatic carbocycles. The number of benzene rings is 1. The summed E-state index contributed by atoms with van der Waals surface area (Å²) in [4.78, 5) is 0.272. The van der Waals surface area contributed by atoms with E-state index in [4.69, 9.17) is 0 Å². The highest BCUT2D eigenvalue weighted by Crippen LogP contribution is 2.27. The van der Waals surface area contributed by atoms with Crippen molar-refractivity contribution in [2.24, 2.45) is 0 Å². The molecule has 118 valence electrons. The summed E-state index contributed by atoms with van der Waals surface area (Å²) in [7, 11) is -6.79. The van der Waals surface area contributed by atoms with Crippen LogP contribution < -0.4 is 0 Å². The minimum Gasteiger partial charge on any atom is -0.229 e. The van der Waals surface area contributed by atoms with Crippen molar-refractivity contribution in [3.63, 3.8) is 0 Å². The Hall–Kier alpha value is -0.920. The van der Waals surface area contributed by atoms with Gasteiger partial charge in [-0.2, -0.15) is 4.31 Å². The molecule has 1 aromatic rings. The third kappa shape index (κ3) is 3.30. The maximum absolute atomic E-state index is 12.9. The normalized spacial score (nSPS) is 21.8. The van der Waals surface area contributed by atoms with Gasteiger partial charge in [-0.15, -0.1) is 0 Å². The SMILES string of the molecule is CCN([C@@H]1CCS(=O)(=O)C1)S(=O)(=O)c1cc(C)ccc1C. The third-order valence-corrected chi connectivity index (χ3v) is 7.78. The molecule has 21 heavy (non-hydrogen) atoms. The fraction of sp³-hybridized carbons (Fsp3) is 0.571. The minimum atomic E-state index is -3.67. The van der Waals surface area contributed by atoms with Crippen LogP contribution in [0.3, 0.4) is 0 Å². The first-order chi connectivity index (χ1) is 9.67. The van der Waals surface area contributed by atoms with Crippen molar-refractivity contribution in [1.29, 1.82) is 0 Å². The number of sulfonamides is 1. The van der Waals surface area contributed by atoms with Crippen LogP contribution in [0.5, 0.6) is 0 Å². The average molecular weight is 331 g/mol. The van der Waals surface area contributed by atoms with Gasteiger partial charge in [-0.05, 0) is 37.5 Å². The fourth-order valence-corrected chi connectivity index (χ4v) is 6.54. The molecule has 2 rings (SSSR count). The van der Waals surface area contributed by atoms with Crippen LogP contribution in [-0.2, 0) is 19.9 Å². The largest absolute Gasteiger partial charge is 0.243 e. The number of nitrogens with zero attached hydrogens (tertiary/aromatic N) is 1. The molecule has 0 unspecified atom stereocenters. The van der Waals surface area contributed by atoms with Gasteiger partial charge in [-0.3, -0.25) is 0 Å². The van der Waals surface area contributed by atoms with Crippen LogP contribution in [0.1, 0.15) is 24.5 Å². The van der Waals surface area contributed by atoms with Gasteiger partial charge in [0.05, 0.1) is 16.4 Å².